The molecule has 0 aromatic heterocycles. The van der Waals surface area contributed by atoms with E-state index in [1.807, 2.05) is 18.2 Å². The average molecular weight is 214 g/mol. The molecular formula is C11H16ClNO. The normalized spacial score (nSPS) is 29.4. The van der Waals surface area contributed by atoms with Crippen LogP contribution >= 0.6 is 12.4 Å². The first-order chi connectivity index (χ1) is 6.32. The van der Waals surface area contributed by atoms with Gasteiger partial charge in [-0.05, 0) is 17.9 Å². The summed E-state index contributed by atoms with van der Waals surface area (Å²) >= 11 is 0. The van der Waals surface area contributed by atoms with E-state index in [2.05, 4.69) is 12.1 Å². The Bertz CT molecular complexity index is 285. The van der Waals surface area contributed by atoms with Crippen molar-refractivity contribution in [1.82, 2.24) is 0 Å². The third kappa shape index (κ3) is 1.78. The molecule has 0 bridgehead atoms. The van der Waals surface area contributed by atoms with Gasteiger partial charge in [0.15, 0.2) is 0 Å². The molecule has 1 fully saturated rings. The number of benzene rings is 1. The SMILES string of the molecule is Cl.NC[C@@]1(CO)C[C@H]1c1ccccc1. The first kappa shape index (κ1) is 11.5. The van der Waals surface area contributed by atoms with E-state index in [9.17, 15) is 5.11 Å². The highest BCUT2D eigenvalue weighted by Gasteiger charge is 2.53. The van der Waals surface area contributed by atoms with Crippen molar-refractivity contribution in [3.63, 3.8) is 0 Å². The van der Waals surface area contributed by atoms with Gasteiger partial charge in [-0.3, -0.25) is 0 Å². The van der Waals surface area contributed by atoms with Crippen LogP contribution in [0.3, 0.4) is 0 Å². The van der Waals surface area contributed by atoms with E-state index < -0.39 is 0 Å². The van der Waals surface area contributed by atoms with Crippen LogP contribution in [0, 0.1) is 5.41 Å². The maximum absolute atomic E-state index is 9.21. The average Bonchev–Trinajstić information content (AvgIpc) is 2.95. The number of rotatable bonds is 3. The molecule has 0 spiro atoms. The van der Waals surface area contributed by atoms with Crippen molar-refractivity contribution in [1.29, 1.82) is 0 Å². The van der Waals surface area contributed by atoms with Crippen molar-refractivity contribution in [2.75, 3.05) is 13.2 Å². The van der Waals surface area contributed by atoms with Gasteiger partial charge in [-0.2, -0.15) is 0 Å². The molecule has 0 amide bonds. The van der Waals surface area contributed by atoms with Gasteiger partial charge < -0.3 is 10.8 Å². The number of nitrogens with two attached hydrogens (primary N) is 1. The molecule has 14 heavy (non-hydrogen) atoms. The zero-order valence-electron chi connectivity index (χ0n) is 8.02. The van der Waals surface area contributed by atoms with E-state index in [1.165, 1.54) is 5.56 Å². The zero-order valence-corrected chi connectivity index (χ0v) is 8.83. The standard InChI is InChI=1S/C11H15NO.ClH/c12-7-11(8-13)6-10(11)9-4-2-1-3-5-9;/h1-5,10,13H,6-8,12H2;1H/t10-,11+;/m0./s1. The summed E-state index contributed by atoms with van der Waals surface area (Å²) in [6, 6.07) is 10.3. The molecule has 1 aliphatic carbocycles. The highest BCUT2D eigenvalue weighted by Crippen LogP contribution is 2.58. The molecular weight excluding hydrogens is 198 g/mol. The highest BCUT2D eigenvalue weighted by molar-refractivity contribution is 5.85. The van der Waals surface area contributed by atoms with Crippen LogP contribution in [0.1, 0.15) is 17.9 Å². The van der Waals surface area contributed by atoms with Crippen LogP contribution in [0.25, 0.3) is 0 Å². The smallest absolute Gasteiger partial charge is 0.0505 e. The number of aliphatic hydroxyl groups excluding tert-OH is 1. The molecule has 1 aromatic rings. The summed E-state index contributed by atoms with van der Waals surface area (Å²) in [5.41, 5.74) is 6.94. The summed E-state index contributed by atoms with van der Waals surface area (Å²) in [5.74, 6) is 0.476. The van der Waals surface area contributed by atoms with Gasteiger partial charge in [0.05, 0.1) is 6.61 Å². The van der Waals surface area contributed by atoms with Crippen molar-refractivity contribution >= 4 is 12.4 Å². The quantitative estimate of drug-likeness (QED) is 0.800. The van der Waals surface area contributed by atoms with E-state index in [0.29, 0.717) is 12.5 Å². The molecule has 3 N–H and O–H groups in total. The molecule has 0 heterocycles. The third-order valence-corrected chi connectivity index (χ3v) is 3.11. The number of hydrogen-bond donors (Lipinski definition) is 2. The van der Waals surface area contributed by atoms with E-state index in [0.717, 1.165) is 6.42 Å². The summed E-state index contributed by atoms with van der Waals surface area (Å²) in [7, 11) is 0. The van der Waals surface area contributed by atoms with Crippen LogP contribution in [0.2, 0.25) is 0 Å². The Morgan fingerprint density at radius 2 is 2.00 bits per heavy atom. The summed E-state index contributed by atoms with van der Waals surface area (Å²) in [6.45, 7) is 0.798. The van der Waals surface area contributed by atoms with Crippen LogP contribution in [-0.2, 0) is 0 Å². The van der Waals surface area contributed by atoms with Crippen molar-refractivity contribution in [2.24, 2.45) is 11.1 Å². The second-order valence-corrected chi connectivity index (χ2v) is 3.89. The molecule has 0 saturated heterocycles. The van der Waals surface area contributed by atoms with Crippen LogP contribution in [-0.4, -0.2) is 18.3 Å². The fourth-order valence-corrected chi connectivity index (χ4v) is 1.97. The van der Waals surface area contributed by atoms with E-state index in [4.69, 9.17) is 5.73 Å². The molecule has 2 rings (SSSR count). The van der Waals surface area contributed by atoms with Crippen LogP contribution in [0.4, 0.5) is 0 Å². The lowest BCUT2D eigenvalue weighted by molar-refractivity contribution is 0.211. The fourth-order valence-electron chi connectivity index (χ4n) is 1.97. The first-order valence-corrected chi connectivity index (χ1v) is 4.68. The largest absolute Gasteiger partial charge is 0.396 e. The summed E-state index contributed by atoms with van der Waals surface area (Å²) in [6.07, 6.45) is 1.03. The number of aliphatic hydroxyl groups is 1. The molecule has 0 radical (unpaired) electrons. The van der Waals surface area contributed by atoms with Crippen molar-refractivity contribution in [3.8, 4) is 0 Å². The Labute approximate surface area is 90.5 Å². The summed E-state index contributed by atoms with van der Waals surface area (Å²) in [5, 5.41) is 9.21. The van der Waals surface area contributed by atoms with E-state index >= 15 is 0 Å². The van der Waals surface area contributed by atoms with Gasteiger partial charge in [-0.15, -0.1) is 12.4 Å². The van der Waals surface area contributed by atoms with Crippen LogP contribution in [0.5, 0.6) is 0 Å². The van der Waals surface area contributed by atoms with Gasteiger partial charge in [-0.25, -0.2) is 0 Å². The number of hydrogen-bond acceptors (Lipinski definition) is 2. The molecule has 2 nitrogen and oxygen atoms in total. The Balaban J connectivity index is 0.000000980. The molecule has 1 aromatic carbocycles. The monoisotopic (exact) mass is 213 g/mol. The van der Waals surface area contributed by atoms with E-state index in [-0.39, 0.29) is 24.4 Å². The predicted octanol–water partition coefficient (Wildman–Crippen LogP) is 1.53. The topological polar surface area (TPSA) is 46.2 Å². The Morgan fingerprint density at radius 1 is 1.36 bits per heavy atom. The fraction of sp³-hybridized carbons (Fsp3) is 0.455. The number of halogens is 1. The minimum absolute atomic E-state index is 0. The van der Waals surface area contributed by atoms with Gasteiger partial charge in [0, 0.05) is 12.0 Å². The summed E-state index contributed by atoms with van der Waals surface area (Å²) in [4.78, 5) is 0. The van der Waals surface area contributed by atoms with Gasteiger partial charge in [0.25, 0.3) is 0 Å². The predicted molar refractivity (Wildman–Crippen MR) is 59.6 cm³/mol. The van der Waals surface area contributed by atoms with Crippen molar-refractivity contribution < 1.29 is 5.11 Å². The zero-order chi connectivity index (χ0) is 9.31. The maximum Gasteiger partial charge on any atom is 0.0505 e. The second kappa shape index (κ2) is 4.30. The Morgan fingerprint density at radius 3 is 2.43 bits per heavy atom. The third-order valence-electron chi connectivity index (χ3n) is 3.11. The lowest BCUT2D eigenvalue weighted by Crippen LogP contribution is -2.21. The minimum Gasteiger partial charge on any atom is -0.396 e. The first-order valence-electron chi connectivity index (χ1n) is 4.68. The molecule has 0 unspecified atom stereocenters. The maximum atomic E-state index is 9.21. The Kier molecular flexibility index (Phi) is 3.53. The minimum atomic E-state index is -0.0125. The molecule has 2 atom stereocenters. The van der Waals surface area contributed by atoms with Gasteiger partial charge >= 0.3 is 0 Å². The summed E-state index contributed by atoms with van der Waals surface area (Å²) < 4.78 is 0. The molecule has 1 aliphatic rings. The van der Waals surface area contributed by atoms with Gasteiger partial charge in [0.1, 0.15) is 0 Å². The Hall–Kier alpha value is -0.570. The van der Waals surface area contributed by atoms with Crippen molar-refractivity contribution in [3.05, 3.63) is 35.9 Å². The van der Waals surface area contributed by atoms with Crippen molar-refractivity contribution in [2.45, 2.75) is 12.3 Å². The highest BCUT2D eigenvalue weighted by atomic mass is 35.5. The molecule has 78 valence electrons. The van der Waals surface area contributed by atoms with Crippen LogP contribution in [0.15, 0.2) is 30.3 Å². The molecule has 3 heteroatoms. The van der Waals surface area contributed by atoms with Gasteiger partial charge in [0.2, 0.25) is 0 Å². The lowest BCUT2D eigenvalue weighted by atomic mass is 10.0. The van der Waals surface area contributed by atoms with Crippen LogP contribution < -0.4 is 5.73 Å². The van der Waals surface area contributed by atoms with Gasteiger partial charge in [-0.1, -0.05) is 30.3 Å². The van der Waals surface area contributed by atoms with E-state index in [1.54, 1.807) is 0 Å². The second-order valence-electron chi connectivity index (χ2n) is 3.89. The molecule has 1 saturated carbocycles. The molecule has 0 aliphatic heterocycles. The lowest BCUT2D eigenvalue weighted by Gasteiger charge is -2.10.